The standard InChI is InChI=1S/C15H19NO3/c1-10(2)9-19-12-4-5-14-13(7-12)11(6-15(17)18)8-16(14)3/h4-5,7-8,10H,6,9H2,1-3H3,(H,17,18). The normalized spacial score (nSPS) is 11.2. The summed E-state index contributed by atoms with van der Waals surface area (Å²) in [6.07, 6.45) is 1.90. The fourth-order valence-electron chi connectivity index (χ4n) is 2.11. The first-order valence-electron chi connectivity index (χ1n) is 6.40. The highest BCUT2D eigenvalue weighted by atomic mass is 16.5. The second kappa shape index (κ2) is 5.34. The molecule has 1 aromatic carbocycles. The molecule has 1 N–H and O–H groups in total. The number of hydrogen-bond acceptors (Lipinski definition) is 2. The first-order valence-corrected chi connectivity index (χ1v) is 6.40. The minimum atomic E-state index is -0.819. The number of fused-ring (bicyclic) bond motifs is 1. The van der Waals surface area contributed by atoms with Gasteiger partial charge in [-0.25, -0.2) is 0 Å². The number of carbonyl (C=O) groups is 1. The quantitative estimate of drug-likeness (QED) is 0.900. The fraction of sp³-hybridized carbons (Fsp3) is 0.400. The van der Waals surface area contributed by atoms with Gasteiger partial charge in [0.05, 0.1) is 13.0 Å². The Hall–Kier alpha value is -1.97. The van der Waals surface area contributed by atoms with Crippen molar-refractivity contribution >= 4 is 16.9 Å². The summed E-state index contributed by atoms with van der Waals surface area (Å²) in [4.78, 5) is 10.9. The van der Waals surface area contributed by atoms with Gasteiger partial charge in [0.25, 0.3) is 0 Å². The number of nitrogens with zero attached hydrogens (tertiary/aromatic N) is 1. The number of aromatic nitrogens is 1. The molecular formula is C15H19NO3. The second-order valence-corrected chi connectivity index (χ2v) is 5.22. The van der Waals surface area contributed by atoms with Crippen LogP contribution in [0.4, 0.5) is 0 Å². The number of aliphatic carboxylic acids is 1. The minimum absolute atomic E-state index is 0.0327. The summed E-state index contributed by atoms with van der Waals surface area (Å²) in [6, 6.07) is 5.82. The van der Waals surface area contributed by atoms with Crippen molar-refractivity contribution in [3.8, 4) is 5.75 Å². The van der Waals surface area contributed by atoms with Crippen LogP contribution in [0.5, 0.6) is 5.75 Å². The van der Waals surface area contributed by atoms with Gasteiger partial charge in [0.2, 0.25) is 0 Å². The lowest BCUT2D eigenvalue weighted by molar-refractivity contribution is -0.136. The molecule has 2 rings (SSSR count). The van der Waals surface area contributed by atoms with Crippen LogP contribution >= 0.6 is 0 Å². The van der Waals surface area contributed by atoms with E-state index in [1.165, 1.54) is 0 Å². The van der Waals surface area contributed by atoms with Crippen molar-refractivity contribution in [2.24, 2.45) is 13.0 Å². The molecule has 0 fully saturated rings. The van der Waals surface area contributed by atoms with E-state index in [4.69, 9.17) is 9.84 Å². The van der Waals surface area contributed by atoms with Crippen molar-refractivity contribution in [1.29, 1.82) is 0 Å². The summed E-state index contributed by atoms with van der Waals surface area (Å²) in [7, 11) is 1.92. The molecule has 0 amide bonds. The van der Waals surface area contributed by atoms with Crippen molar-refractivity contribution in [3.05, 3.63) is 30.0 Å². The van der Waals surface area contributed by atoms with Crippen LogP contribution in [-0.2, 0) is 18.3 Å². The van der Waals surface area contributed by atoms with Crippen LogP contribution < -0.4 is 4.74 Å². The van der Waals surface area contributed by atoms with E-state index >= 15 is 0 Å². The summed E-state index contributed by atoms with van der Waals surface area (Å²) in [5.74, 6) is 0.435. The van der Waals surface area contributed by atoms with Gasteiger partial charge in [-0.05, 0) is 29.7 Å². The van der Waals surface area contributed by atoms with E-state index in [0.717, 1.165) is 22.2 Å². The van der Waals surface area contributed by atoms with E-state index in [9.17, 15) is 4.79 Å². The maximum absolute atomic E-state index is 10.9. The SMILES string of the molecule is CC(C)COc1ccc2c(c1)c(CC(=O)O)cn2C. The van der Waals surface area contributed by atoms with Crippen LogP contribution in [0, 0.1) is 5.92 Å². The van der Waals surface area contributed by atoms with Gasteiger partial charge in [-0.2, -0.15) is 0 Å². The Labute approximate surface area is 112 Å². The third kappa shape index (κ3) is 3.08. The summed E-state index contributed by atoms with van der Waals surface area (Å²) in [5, 5.41) is 9.89. The van der Waals surface area contributed by atoms with Crippen molar-refractivity contribution in [1.82, 2.24) is 4.57 Å². The van der Waals surface area contributed by atoms with Crippen molar-refractivity contribution in [3.63, 3.8) is 0 Å². The number of carboxylic acid groups (broad SMARTS) is 1. The largest absolute Gasteiger partial charge is 0.493 e. The van der Waals surface area contributed by atoms with Crippen LogP contribution in [0.2, 0.25) is 0 Å². The molecule has 4 nitrogen and oxygen atoms in total. The molecular weight excluding hydrogens is 242 g/mol. The zero-order valence-electron chi connectivity index (χ0n) is 11.5. The molecule has 0 radical (unpaired) electrons. The highest BCUT2D eigenvalue weighted by Crippen LogP contribution is 2.26. The number of benzene rings is 1. The maximum Gasteiger partial charge on any atom is 0.307 e. The van der Waals surface area contributed by atoms with Crippen molar-refractivity contribution in [2.75, 3.05) is 6.61 Å². The minimum Gasteiger partial charge on any atom is -0.493 e. The van der Waals surface area contributed by atoms with Gasteiger partial charge < -0.3 is 14.4 Å². The van der Waals surface area contributed by atoms with E-state index in [0.29, 0.717) is 12.5 Å². The topological polar surface area (TPSA) is 51.5 Å². The summed E-state index contributed by atoms with van der Waals surface area (Å²) in [6.45, 7) is 4.85. The van der Waals surface area contributed by atoms with Crippen LogP contribution in [0.15, 0.2) is 24.4 Å². The summed E-state index contributed by atoms with van der Waals surface area (Å²) < 4.78 is 7.63. The van der Waals surface area contributed by atoms with Crippen molar-refractivity contribution in [2.45, 2.75) is 20.3 Å². The lowest BCUT2D eigenvalue weighted by Gasteiger charge is -2.09. The third-order valence-corrected chi connectivity index (χ3v) is 2.97. The van der Waals surface area contributed by atoms with Crippen LogP contribution in [0.1, 0.15) is 19.4 Å². The smallest absolute Gasteiger partial charge is 0.307 e. The van der Waals surface area contributed by atoms with Gasteiger partial charge in [0.1, 0.15) is 5.75 Å². The first kappa shape index (κ1) is 13.5. The predicted octanol–water partition coefficient (Wildman–Crippen LogP) is 2.84. The van der Waals surface area contributed by atoms with Crippen molar-refractivity contribution < 1.29 is 14.6 Å². The molecule has 0 aliphatic carbocycles. The maximum atomic E-state index is 10.9. The highest BCUT2D eigenvalue weighted by Gasteiger charge is 2.11. The number of hydrogen-bond donors (Lipinski definition) is 1. The molecule has 102 valence electrons. The summed E-state index contributed by atoms with van der Waals surface area (Å²) in [5.41, 5.74) is 1.84. The van der Waals surface area contributed by atoms with Gasteiger partial charge in [0.15, 0.2) is 0 Å². The molecule has 0 aliphatic rings. The molecule has 0 unspecified atom stereocenters. The number of aryl methyl sites for hydroxylation is 1. The van der Waals surface area contributed by atoms with E-state index in [1.54, 1.807) is 0 Å². The molecule has 1 aromatic heterocycles. The van der Waals surface area contributed by atoms with E-state index in [-0.39, 0.29) is 6.42 Å². The molecule has 0 saturated carbocycles. The Morgan fingerprint density at radius 2 is 2.16 bits per heavy atom. The zero-order chi connectivity index (χ0) is 14.0. The van der Waals surface area contributed by atoms with E-state index < -0.39 is 5.97 Å². The number of rotatable bonds is 5. The van der Waals surface area contributed by atoms with Crippen LogP contribution in [-0.4, -0.2) is 22.2 Å². The average molecular weight is 261 g/mol. The Morgan fingerprint density at radius 1 is 1.42 bits per heavy atom. The third-order valence-electron chi connectivity index (χ3n) is 2.97. The molecule has 0 aliphatic heterocycles. The zero-order valence-corrected chi connectivity index (χ0v) is 11.5. The van der Waals surface area contributed by atoms with Gasteiger partial charge in [-0.1, -0.05) is 13.8 Å². The molecule has 19 heavy (non-hydrogen) atoms. The molecule has 0 spiro atoms. The molecule has 0 atom stereocenters. The molecule has 1 heterocycles. The Morgan fingerprint density at radius 3 is 2.79 bits per heavy atom. The van der Waals surface area contributed by atoms with Gasteiger partial charge in [0, 0.05) is 24.1 Å². The van der Waals surface area contributed by atoms with Crippen LogP contribution in [0.25, 0.3) is 10.9 Å². The van der Waals surface area contributed by atoms with Gasteiger partial charge >= 0.3 is 5.97 Å². The Bertz CT molecular complexity index is 599. The van der Waals surface area contributed by atoms with Gasteiger partial charge in [-0.15, -0.1) is 0 Å². The fourth-order valence-corrected chi connectivity index (χ4v) is 2.11. The van der Waals surface area contributed by atoms with E-state index in [2.05, 4.69) is 13.8 Å². The van der Waals surface area contributed by atoms with Crippen LogP contribution in [0.3, 0.4) is 0 Å². The lowest BCUT2D eigenvalue weighted by atomic mass is 10.1. The first-order chi connectivity index (χ1) is 8.97. The Kier molecular flexibility index (Phi) is 3.79. The lowest BCUT2D eigenvalue weighted by Crippen LogP contribution is -2.04. The molecule has 4 heteroatoms. The number of carboxylic acids is 1. The molecule has 0 bridgehead atoms. The second-order valence-electron chi connectivity index (χ2n) is 5.22. The molecule has 0 saturated heterocycles. The van der Waals surface area contributed by atoms with Gasteiger partial charge in [-0.3, -0.25) is 4.79 Å². The van der Waals surface area contributed by atoms with E-state index in [1.807, 2.05) is 36.0 Å². The average Bonchev–Trinajstić information content (AvgIpc) is 2.63. The molecule has 2 aromatic rings. The highest BCUT2D eigenvalue weighted by molar-refractivity contribution is 5.88. The summed E-state index contributed by atoms with van der Waals surface area (Å²) >= 11 is 0. The predicted molar refractivity (Wildman–Crippen MR) is 74.6 cm³/mol. The Balaban J connectivity index is 2.36. The number of ether oxygens (including phenoxy) is 1. The monoisotopic (exact) mass is 261 g/mol.